The first-order valence-electron chi connectivity index (χ1n) is 6.45. The van der Waals surface area contributed by atoms with Crippen LogP contribution in [0.2, 0.25) is 0 Å². The Kier molecular flexibility index (Phi) is 5.06. The van der Waals surface area contributed by atoms with Gasteiger partial charge < -0.3 is 5.11 Å². The van der Waals surface area contributed by atoms with Gasteiger partial charge in [0.2, 0.25) is 10.0 Å². The number of nitrogens with one attached hydrogen (secondary N) is 1. The Morgan fingerprint density at radius 2 is 1.76 bits per heavy atom. The summed E-state index contributed by atoms with van der Waals surface area (Å²) in [6.45, 7) is 0.0564. The van der Waals surface area contributed by atoms with Gasteiger partial charge in [-0.25, -0.2) is 17.5 Å². The van der Waals surface area contributed by atoms with Crippen molar-refractivity contribution in [3.05, 3.63) is 65.5 Å². The molecule has 2 aromatic rings. The average molecular weight is 309 g/mol. The SMILES string of the molecule is O=S(=O)(NCCc1cccc(F)c1)c1ccc(CO)cc1. The van der Waals surface area contributed by atoms with Crippen LogP contribution in [0.1, 0.15) is 11.1 Å². The predicted octanol–water partition coefficient (Wildman–Crippen LogP) is 1.84. The number of rotatable bonds is 6. The van der Waals surface area contributed by atoms with E-state index in [1.165, 1.54) is 24.3 Å². The number of hydrogen-bond donors (Lipinski definition) is 2. The standard InChI is InChI=1S/C15H16FNO3S/c16-14-3-1-2-12(10-14)8-9-17-21(19,20)15-6-4-13(11-18)5-7-15/h1-7,10,17-18H,8-9,11H2. The number of benzene rings is 2. The highest BCUT2D eigenvalue weighted by molar-refractivity contribution is 7.89. The van der Waals surface area contributed by atoms with Gasteiger partial charge in [0.05, 0.1) is 11.5 Å². The third-order valence-corrected chi connectivity index (χ3v) is 4.49. The summed E-state index contributed by atoms with van der Waals surface area (Å²) in [7, 11) is -3.59. The molecule has 0 spiro atoms. The largest absolute Gasteiger partial charge is 0.392 e. The molecule has 0 unspecified atom stereocenters. The molecule has 0 saturated heterocycles. The molecule has 0 aliphatic heterocycles. The number of halogens is 1. The molecule has 0 atom stereocenters. The van der Waals surface area contributed by atoms with Crippen LogP contribution in [0.5, 0.6) is 0 Å². The normalized spacial score (nSPS) is 11.5. The first kappa shape index (κ1) is 15.6. The molecule has 0 radical (unpaired) electrons. The zero-order valence-electron chi connectivity index (χ0n) is 11.3. The smallest absolute Gasteiger partial charge is 0.240 e. The third-order valence-electron chi connectivity index (χ3n) is 3.01. The molecule has 0 aromatic heterocycles. The van der Waals surface area contributed by atoms with Crippen molar-refractivity contribution in [2.45, 2.75) is 17.9 Å². The second-order valence-electron chi connectivity index (χ2n) is 4.58. The van der Waals surface area contributed by atoms with Crippen molar-refractivity contribution in [2.24, 2.45) is 0 Å². The van der Waals surface area contributed by atoms with Crippen LogP contribution < -0.4 is 4.72 Å². The van der Waals surface area contributed by atoms with Gasteiger partial charge >= 0.3 is 0 Å². The molecular formula is C15H16FNO3S. The van der Waals surface area contributed by atoms with Crippen LogP contribution >= 0.6 is 0 Å². The second-order valence-corrected chi connectivity index (χ2v) is 6.35. The minimum absolute atomic E-state index is 0.132. The zero-order chi connectivity index (χ0) is 15.3. The van der Waals surface area contributed by atoms with Crippen molar-refractivity contribution in [3.63, 3.8) is 0 Å². The van der Waals surface area contributed by atoms with E-state index in [9.17, 15) is 12.8 Å². The van der Waals surface area contributed by atoms with Crippen LogP contribution in [-0.2, 0) is 23.1 Å². The van der Waals surface area contributed by atoms with Gasteiger partial charge in [-0.3, -0.25) is 0 Å². The summed E-state index contributed by atoms with van der Waals surface area (Å²) in [6, 6.07) is 12.1. The Hall–Kier alpha value is -1.76. The van der Waals surface area contributed by atoms with Crippen molar-refractivity contribution >= 4 is 10.0 Å². The molecule has 4 nitrogen and oxygen atoms in total. The molecule has 6 heteroatoms. The van der Waals surface area contributed by atoms with E-state index in [4.69, 9.17) is 5.11 Å². The molecule has 21 heavy (non-hydrogen) atoms. The van der Waals surface area contributed by atoms with Crippen LogP contribution in [0.25, 0.3) is 0 Å². The number of hydrogen-bond acceptors (Lipinski definition) is 3. The summed E-state index contributed by atoms with van der Waals surface area (Å²) < 4.78 is 39.6. The fourth-order valence-corrected chi connectivity index (χ4v) is 2.91. The Bertz CT molecular complexity index is 699. The van der Waals surface area contributed by atoms with Gasteiger partial charge in [0.1, 0.15) is 5.82 Å². The lowest BCUT2D eigenvalue weighted by atomic mass is 10.1. The van der Waals surface area contributed by atoms with E-state index in [1.807, 2.05) is 0 Å². The van der Waals surface area contributed by atoms with Gasteiger partial charge in [-0.2, -0.15) is 0 Å². The van der Waals surface area contributed by atoms with E-state index in [2.05, 4.69) is 4.72 Å². The summed E-state index contributed by atoms with van der Waals surface area (Å²) in [5.74, 6) is -0.338. The molecule has 0 heterocycles. The highest BCUT2D eigenvalue weighted by Crippen LogP contribution is 2.11. The van der Waals surface area contributed by atoms with Crippen LogP contribution in [0.3, 0.4) is 0 Å². The minimum atomic E-state index is -3.59. The lowest BCUT2D eigenvalue weighted by Gasteiger charge is -2.07. The lowest BCUT2D eigenvalue weighted by Crippen LogP contribution is -2.26. The van der Waals surface area contributed by atoms with Gasteiger partial charge in [-0.05, 0) is 41.8 Å². The summed E-state index contributed by atoms with van der Waals surface area (Å²) >= 11 is 0. The highest BCUT2D eigenvalue weighted by atomic mass is 32.2. The van der Waals surface area contributed by atoms with Gasteiger partial charge in [0.15, 0.2) is 0 Å². The molecule has 2 aromatic carbocycles. The van der Waals surface area contributed by atoms with Gasteiger partial charge in [0.25, 0.3) is 0 Å². The Morgan fingerprint density at radius 1 is 1.05 bits per heavy atom. The first-order chi connectivity index (χ1) is 10.0. The van der Waals surface area contributed by atoms with Crippen molar-refractivity contribution < 1.29 is 17.9 Å². The number of sulfonamides is 1. The Balaban J connectivity index is 1.97. The maximum Gasteiger partial charge on any atom is 0.240 e. The van der Waals surface area contributed by atoms with Crippen molar-refractivity contribution in [3.8, 4) is 0 Å². The maximum absolute atomic E-state index is 13.0. The summed E-state index contributed by atoms with van der Waals surface area (Å²) in [6.07, 6.45) is 0.408. The van der Waals surface area contributed by atoms with E-state index in [0.29, 0.717) is 12.0 Å². The van der Waals surface area contributed by atoms with Crippen LogP contribution in [-0.4, -0.2) is 20.1 Å². The Morgan fingerprint density at radius 3 is 2.38 bits per heavy atom. The molecule has 2 rings (SSSR count). The molecule has 2 N–H and O–H groups in total. The Labute approximate surface area is 123 Å². The van der Waals surface area contributed by atoms with E-state index in [1.54, 1.807) is 24.3 Å². The van der Waals surface area contributed by atoms with Crippen molar-refractivity contribution in [1.29, 1.82) is 0 Å². The van der Waals surface area contributed by atoms with Crippen LogP contribution in [0.4, 0.5) is 4.39 Å². The van der Waals surface area contributed by atoms with Crippen LogP contribution in [0.15, 0.2) is 53.4 Å². The third kappa shape index (κ3) is 4.35. The van der Waals surface area contributed by atoms with Crippen LogP contribution in [0, 0.1) is 5.82 Å². The fraction of sp³-hybridized carbons (Fsp3) is 0.200. The molecule has 0 aliphatic rings. The van der Waals surface area contributed by atoms with E-state index in [-0.39, 0.29) is 23.9 Å². The topological polar surface area (TPSA) is 66.4 Å². The number of aliphatic hydroxyl groups is 1. The molecule has 0 fully saturated rings. The van der Waals surface area contributed by atoms with Crippen molar-refractivity contribution in [1.82, 2.24) is 4.72 Å². The summed E-state index contributed by atoms with van der Waals surface area (Å²) in [5, 5.41) is 8.93. The van der Waals surface area contributed by atoms with E-state index in [0.717, 1.165) is 5.56 Å². The van der Waals surface area contributed by atoms with E-state index >= 15 is 0 Å². The average Bonchev–Trinajstić information content (AvgIpc) is 2.47. The van der Waals surface area contributed by atoms with Gasteiger partial charge in [0, 0.05) is 6.54 Å². The zero-order valence-corrected chi connectivity index (χ0v) is 12.1. The molecule has 0 aliphatic carbocycles. The fourth-order valence-electron chi connectivity index (χ4n) is 1.88. The molecule has 0 saturated carbocycles. The molecular weight excluding hydrogens is 293 g/mol. The quantitative estimate of drug-likeness (QED) is 0.855. The van der Waals surface area contributed by atoms with Crippen molar-refractivity contribution in [2.75, 3.05) is 6.54 Å². The van der Waals surface area contributed by atoms with Gasteiger partial charge in [-0.1, -0.05) is 24.3 Å². The molecule has 0 amide bonds. The summed E-state index contributed by atoms with van der Waals surface area (Å²) in [5.41, 5.74) is 1.38. The first-order valence-corrected chi connectivity index (χ1v) is 7.93. The molecule has 0 bridgehead atoms. The van der Waals surface area contributed by atoms with Gasteiger partial charge in [-0.15, -0.1) is 0 Å². The van der Waals surface area contributed by atoms with E-state index < -0.39 is 10.0 Å². The second kappa shape index (κ2) is 6.80. The minimum Gasteiger partial charge on any atom is -0.392 e. The lowest BCUT2D eigenvalue weighted by molar-refractivity contribution is 0.282. The summed E-state index contributed by atoms with van der Waals surface area (Å²) in [4.78, 5) is 0.138. The number of aliphatic hydroxyl groups excluding tert-OH is 1. The predicted molar refractivity (Wildman–Crippen MR) is 77.7 cm³/mol. The monoisotopic (exact) mass is 309 g/mol. The molecule has 112 valence electrons. The highest BCUT2D eigenvalue weighted by Gasteiger charge is 2.12. The maximum atomic E-state index is 13.0.